The fourth-order valence-corrected chi connectivity index (χ4v) is 1.60. The smallest absolute Gasteiger partial charge is 0.328 e. The van der Waals surface area contributed by atoms with Crippen molar-refractivity contribution in [1.82, 2.24) is 9.97 Å². The van der Waals surface area contributed by atoms with Gasteiger partial charge in [0.15, 0.2) is 0 Å². The Morgan fingerprint density at radius 1 is 1.29 bits per heavy atom. The summed E-state index contributed by atoms with van der Waals surface area (Å²) in [6.07, 6.45) is 3.30. The molecular weight excluding hydrogens is 222 g/mol. The Balaban J connectivity index is 2.59. The molecule has 1 aliphatic heterocycles. The Morgan fingerprint density at radius 2 is 2.00 bits per heavy atom. The average Bonchev–Trinajstić information content (AvgIpc) is 2.51. The minimum Gasteiger partial charge on any atom is -0.494 e. The molecule has 0 saturated carbocycles. The Labute approximate surface area is 96.1 Å². The summed E-state index contributed by atoms with van der Waals surface area (Å²) in [5.74, 6) is -0.459. The van der Waals surface area contributed by atoms with Crippen LogP contribution < -0.4 is 11.2 Å². The fraction of sp³-hybridized carbons (Fsp3) is 0.182. The van der Waals surface area contributed by atoms with Crippen molar-refractivity contribution in [1.29, 1.82) is 0 Å². The number of aliphatic imine (C=N–C) groups is 1. The van der Waals surface area contributed by atoms with Crippen molar-refractivity contribution in [3.63, 3.8) is 0 Å². The van der Waals surface area contributed by atoms with Gasteiger partial charge in [0.05, 0.1) is 5.70 Å². The van der Waals surface area contributed by atoms with Crippen LogP contribution in [0.25, 0.3) is 6.08 Å². The molecule has 0 bridgehead atoms. The highest BCUT2D eigenvalue weighted by molar-refractivity contribution is 5.98. The maximum atomic E-state index is 11.5. The number of nitrogens with one attached hydrogen (secondary N) is 2. The van der Waals surface area contributed by atoms with Gasteiger partial charge in [0.25, 0.3) is 5.56 Å². The van der Waals surface area contributed by atoms with Crippen LogP contribution >= 0.6 is 0 Å². The summed E-state index contributed by atoms with van der Waals surface area (Å²) in [5.41, 5.74) is 0.919. The van der Waals surface area contributed by atoms with E-state index in [0.29, 0.717) is 5.70 Å². The van der Waals surface area contributed by atoms with E-state index < -0.39 is 17.1 Å². The van der Waals surface area contributed by atoms with E-state index in [9.17, 15) is 14.7 Å². The van der Waals surface area contributed by atoms with Gasteiger partial charge in [0.1, 0.15) is 5.56 Å². The third kappa shape index (κ3) is 2.10. The minimum absolute atomic E-state index is 0.00852. The van der Waals surface area contributed by atoms with E-state index in [1.807, 2.05) is 24.9 Å². The lowest BCUT2D eigenvalue weighted by Gasteiger charge is -1.99. The first-order chi connectivity index (χ1) is 7.97. The zero-order chi connectivity index (χ0) is 12.6. The molecule has 6 heteroatoms. The molecule has 17 heavy (non-hydrogen) atoms. The molecule has 2 rings (SSSR count). The van der Waals surface area contributed by atoms with Gasteiger partial charge >= 0.3 is 5.69 Å². The van der Waals surface area contributed by atoms with E-state index in [0.717, 1.165) is 11.3 Å². The molecule has 0 aliphatic carbocycles. The maximum Gasteiger partial charge on any atom is 0.328 e. The summed E-state index contributed by atoms with van der Waals surface area (Å²) in [5, 5.41) is 9.50. The molecule has 6 nitrogen and oxygen atoms in total. The standard InChI is InChI=1S/C11H11N3O3/c1-5-3-6(2)12-8(5)4-7-9(15)13-11(17)14-10(7)16/h3-4H,1-2H3,(H3,13,14,15,16,17)/b8-4-. The Bertz CT molecular complexity index is 674. The molecule has 0 unspecified atom stereocenters. The van der Waals surface area contributed by atoms with Crippen LogP contribution in [0, 0.1) is 0 Å². The average molecular weight is 233 g/mol. The van der Waals surface area contributed by atoms with E-state index in [1.54, 1.807) is 0 Å². The van der Waals surface area contributed by atoms with Crippen molar-refractivity contribution in [2.24, 2.45) is 4.99 Å². The molecule has 88 valence electrons. The normalized spacial score (nSPS) is 17.2. The van der Waals surface area contributed by atoms with Crippen LogP contribution in [0.15, 0.2) is 31.9 Å². The Hall–Kier alpha value is -2.37. The fourth-order valence-electron chi connectivity index (χ4n) is 1.60. The van der Waals surface area contributed by atoms with Gasteiger partial charge in [-0.1, -0.05) is 0 Å². The molecule has 0 radical (unpaired) electrons. The topological polar surface area (TPSA) is 98.3 Å². The highest BCUT2D eigenvalue weighted by Crippen LogP contribution is 2.21. The van der Waals surface area contributed by atoms with E-state index >= 15 is 0 Å². The van der Waals surface area contributed by atoms with E-state index in [1.165, 1.54) is 6.08 Å². The largest absolute Gasteiger partial charge is 0.494 e. The number of rotatable bonds is 1. The molecule has 1 aromatic heterocycles. The lowest BCUT2D eigenvalue weighted by molar-refractivity contribution is 0.447. The summed E-state index contributed by atoms with van der Waals surface area (Å²) < 4.78 is 0. The van der Waals surface area contributed by atoms with Crippen LogP contribution in [-0.4, -0.2) is 20.8 Å². The molecule has 0 spiro atoms. The first-order valence-corrected chi connectivity index (χ1v) is 4.98. The van der Waals surface area contributed by atoms with E-state index in [-0.39, 0.29) is 5.56 Å². The third-order valence-electron chi connectivity index (χ3n) is 2.37. The van der Waals surface area contributed by atoms with Crippen molar-refractivity contribution >= 4 is 11.8 Å². The summed E-state index contributed by atoms with van der Waals surface area (Å²) in [4.78, 5) is 30.7. The first-order valence-electron chi connectivity index (χ1n) is 4.98. The molecule has 1 aliphatic rings. The van der Waals surface area contributed by atoms with Crippen molar-refractivity contribution < 1.29 is 5.11 Å². The molecule has 3 N–H and O–H groups in total. The third-order valence-corrected chi connectivity index (χ3v) is 2.37. The van der Waals surface area contributed by atoms with Crippen molar-refractivity contribution in [3.05, 3.63) is 43.7 Å². The number of hydrogen-bond acceptors (Lipinski definition) is 4. The summed E-state index contributed by atoms with van der Waals surface area (Å²) in [6.45, 7) is 3.68. The lowest BCUT2D eigenvalue weighted by atomic mass is 10.2. The zero-order valence-electron chi connectivity index (χ0n) is 9.37. The SMILES string of the molecule is CC1=CC(C)=N/C1=C\c1c(O)[nH]c(=O)[nH]c1=O. The highest BCUT2D eigenvalue weighted by atomic mass is 16.3. The second kappa shape index (κ2) is 3.89. The Morgan fingerprint density at radius 3 is 2.53 bits per heavy atom. The molecule has 0 aromatic carbocycles. The maximum absolute atomic E-state index is 11.5. The number of aromatic nitrogens is 2. The molecule has 0 saturated heterocycles. The molecule has 0 amide bonds. The molecule has 0 atom stereocenters. The molecular formula is C11H11N3O3. The van der Waals surface area contributed by atoms with Crippen molar-refractivity contribution in [2.45, 2.75) is 13.8 Å². The van der Waals surface area contributed by atoms with Crippen LogP contribution in [0.4, 0.5) is 0 Å². The monoisotopic (exact) mass is 233 g/mol. The number of allylic oxidation sites excluding steroid dienone is 2. The number of nitrogens with zero attached hydrogens (tertiary/aromatic N) is 1. The van der Waals surface area contributed by atoms with Gasteiger partial charge in [-0.2, -0.15) is 0 Å². The first kappa shape index (κ1) is 11.1. The predicted molar refractivity (Wildman–Crippen MR) is 64.2 cm³/mol. The van der Waals surface area contributed by atoms with Crippen LogP contribution in [0.2, 0.25) is 0 Å². The van der Waals surface area contributed by atoms with Gasteiger partial charge in [-0.25, -0.2) is 4.79 Å². The summed E-state index contributed by atoms with van der Waals surface area (Å²) in [7, 11) is 0. The number of H-pyrrole nitrogens is 2. The van der Waals surface area contributed by atoms with E-state index in [4.69, 9.17) is 0 Å². The minimum atomic E-state index is -0.743. The number of aromatic amines is 2. The van der Waals surface area contributed by atoms with Gasteiger partial charge in [0, 0.05) is 5.71 Å². The van der Waals surface area contributed by atoms with Gasteiger partial charge in [-0.05, 0) is 31.6 Å². The second-order valence-corrected chi connectivity index (χ2v) is 3.78. The summed E-state index contributed by atoms with van der Waals surface area (Å²) >= 11 is 0. The lowest BCUT2D eigenvalue weighted by Crippen LogP contribution is -2.23. The molecule has 1 aromatic rings. The van der Waals surface area contributed by atoms with Crippen molar-refractivity contribution in [3.8, 4) is 5.88 Å². The second-order valence-electron chi connectivity index (χ2n) is 3.78. The van der Waals surface area contributed by atoms with E-state index in [2.05, 4.69) is 9.98 Å². The van der Waals surface area contributed by atoms with Gasteiger partial charge in [-0.15, -0.1) is 0 Å². The van der Waals surface area contributed by atoms with Crippen LogP contribution in [0.5, 0.6) is 5.88 Å². The number of aromatic hydroxyl groups is 1. The predicted octanol–water partition coefficient (Wildman–Crippen LogP) is 0.530. The molecule has 0 fully saturated rings. The van der Waals surface area contributed by atoms with Crippen LogP contribution in [0.1, 0.15) is 19.4 Å². The number of hydrogen-bond donors (Lipinski definition) is 3. The van der Waals surface area contributed by atoms with Gasteiger partial charge in [-0.3, -0.25) is 19.8 Å². The quantitative estimate of drug-likeness (QED) is 0.659. The summed E-state index contributed by atoms with van der Waals surface area (Å²) in [6, 6.07) is 0. The van der Waals surface area contributed by atoms with Crippen molar-refractivity contribution in [2.75, 3.05) is 0 Å². The zero-order valence-corrected chi connectivity index (χ0v) is 9.37. The van der Waals surface area contributed by atoms with Crippen LogP contribution in [0.3, 0.4) is 0 Å². The van der Waals surface area contributed by atoms with Gasteiger partial charge < -0.3 is 5.11 Å². The Kier molecular flexibility index (Phi) is 2.55. The van der Waals surface area contributed by atoms with Crippen LogP contribution in [-0.2, 0) is 0 Å². The highest BCUT2D eigenvalue weighted by Gasteiger charge is 2.11. The molecule has 2 heterocycles. The van der Waals surface area contributed by atoms with Gasteiger partial charge in [0.2, 0.25) is 5.88 Å².